The topological polar surface area (TPSA) is 15.3 Å². The molecule has 0 heterocycles. The van der Waals surface area contributed by atoms with Gasteiger partial charge in [-0.1, -0.05) is 133 Å². The quantitative estimate of drug-likeness (QED) is 0.205. The Morgan fingerprint density at radius 1 is 0.367 bits per heavy atom. The first kappa shape index (κ1) is 27.7. The van der Waals surface area contributed by atoms with Gasteiger partial charge in [0.1, 0.15) is 0 Å². The van der Waals surface area contributed by atoms with Gasteiger partial charge in [0, 0.05) is 33.8 Å². The van der Waals surface area contributed by atoms with E-state index in [2.05, 4.69) is 198 Å². The van der Waals surface area contributed by atoms with Gasteiger partial charge in [0.25, 0.3) is 0 Å². The number of rotatable bonds is 5. The molecule has 0 unspecified atom stereocenters. The van der Waals surface area contributed by atoms with Crippen molar-refractivity contribution in [2.45, 2.75) is 5.41 Å². The molecule has 1 N–H and O–H groups in total. The van der Waals surface area contributed by atoms with Crippen LogP contribution in [0.25, 0.3) is 33.0 Å². The highest BCUT2D eigenvalue weighted by Crippen LogP contribution is 2.63. The molecule has 2 aliphatic rings. The van der Waals surface area contributed by atoms with Gasteiger partial charge in [0.15, 0.2) is 0 Å². The van der Waals surface area contributed by atoms with E-state index in [1.807, 2.05) is 0 Å². The molecular weight excluding hydrogens is 593 g/mol. The summed E-state index contributed by atoms with van der Waals surface area (Å²) in [7, 11) is 0. The molecule has 2 nitrogen and oxygen atoms in total. The lowest BCUT2D eigenvalue weighted by molar-refractivity contribution is 0.794. The lowest BCUT2D eigenvalue weighted by Crippen LogP contribution is -2.26. The summed E-state index contributed by atoms with van der Waals surface area (Å²) in [6.45, 7) is 0. The van der Waals surface area contributed by atoms with Crippen LogP contribution in [0.1, 0.15) is 22.3 Å². The number of hydrogen-bond donors (Lipinski definition) is 1. The number of nitrogens with zero attached hydrogens (tertiary/aromatic N) is 1. The molecule has 0 saturated carbocycles. The normalized spacial score (nSPS) is 13.1. The summed E-state index contributed by atoms with van der Waals surface area (Å²) in [6, 6.07) is 68.5. The first-order chi connectivity index (χ1) is 24.3. The van der Waals surface area contributed by atoms with Crippen LogP contribution in [0.4, 0.5) is 28.4 Å². The third-order valence-corrected chi connectivity index (χ3v) is 10.4. The van der Waals surface area contributed by atoms with Gasteiger partial charge in [-0.05, 0) is 104 Å². The predicted molar refractivity (Wildman–Crippen MR) is 205 cm³/mol. The summed E-state index contributed by atoms with van der Waals surface area (Å²) < 4.78 is 0. The van der Waals surface area contributed by atoms with Crippen molar-refractivity contribution < 1.29 is 0 Å². The Kier molecular flexibility index (Phi) is 6.13. The Morgan fingerprint density at radius 3 is 1.59 bits per heavy atom. The van der Waals surface area contributed by atoms with E-state index in [1.54, 1.807) is 0 Å². The molecule has 230 valence electrons. The fraction of sp³-hybridized carbons (Fsp3) is 0.0213. The summed E-state index contributed by atoms with van der Waals surface area (Å²) in [4.78, 5) is 2.37. The molecule has 2 aliphatic carbocycles. The molecule has 0 aromatic heterocycles. The summed E-state index contributed by atoms with van der Waals surface area (Å²) in [5, 5.41) is 6.26. The molecule has 0 atom stereocenters. The van der Waals surface area contributed by atoms with Gasteiger partial charge < -0.3 is 10.2 Å². The van der Waals surface area contributed by atoms with Crippen LogP contribution < -0.4 is 10.2 Å². The van der Waals surface area contributed by atoms with E-state index in [1.165, 1.54) is 55.3 Å². The maximum atomic E-state index is 3.82. The van der Waals surface area contributed by atoms with E-state index in [-0.39, 0.29) is 0 Å². The van der Waals surface area contributed by atoms with Gasteiger partial charge in [0.05, 0.1) is 5.41 Å². The minimum atomic E-state index is -0.469. The molecule has 49 heavy (non-hydrogen) atoms. The second-order valence-corrected chi connectivity index (χ2v) is 13.0. The highest BCUT2D eigenvalue weighted by Gasteiger charge is 2.51. The zero-order valence-electron chi connectivity index (χ0n) is 26.8. The van der Waals surface area contributed by atoms with Crippen molar-refractivity contribution in [2.24, 2.45) is 0 Å². The molecule has 10 rings (SSSR count). The average molecular weight is 625 g/mol. The lowest BCUT2D eigenvalue weighted by Gasteiger charge is -2.32. The van der Waals surface area contributed by atoms with Crippen molar-refractivity contribution in [1.82, 2.24) is 0 Å². The summed E-state index contributed by atoms with van der Waals surface area (Å²) in [5.41, 5.74) is 15.6. The van der Waals surface area contributed by atoms with Crippen LogP contribution in [0, 0.1) is 0 Å². The minimum Gasteiger partial charge on any atom is -0.355 e. The maximum absolute atomic E-state index is 3.82. The third kappa shape index (κ3) is 4.07. The first-order valence-electron chi connectivity index (χ1n) is 16.9. The van der Waals surface area contributed by atoms with Gasteiger partial charge in [-0.2, -0.15) is 0 Å². The SMILES string of the molecule is c1ccc(N(c2ccccc2)c2ccc3c(c2)C2(c4ccccc4-c4ccccc42)c2cc(Nc4cccc5ccccc45)ccc2-3)cc1. The third-order valence-electron chi connectivity index (χ3n) is 10.4. The van der Waals surface area contributed by atoms with Crippen molar-refractivity contribution in [3.8, 4) is 22.3 Å². The molecule has 2 heteroatoms. The second-order valence-electron chi connectivity index (χ2n) is 13.0. The summed E-state index contributed by atoms with van der Waals surface area (Å²) >= 11 is 0. The highest BCUT2D eigenvalue weighted by molar-refractivity contribution is 5.99. The van der Waals surface area contributed by atoms with Crippen LogP contribution in [0.5, 0.6) is 0 Å². The van der Waals surface area contributed by atoms with Crippen molar-refractivity contribution in [1.29, 1.82) is 0 Å². The van der Waals surface area contributed by atoms with E-state index < -0.39 is 5.41 Å². The number of hydrogen-bond acceptors (Lipinski definition) is 2. The van der Waals surface area contributed by atoms with E-state index in [4.69, 9.17) is 0 Å². The molecular formula is C47H32N2. The van der Waals surface area contributed by atoms with Gasteiger partial charge in [-0.15, -0.1) is 0 Å². The van der Waals surface area contributed by atoms with Gasteiger partial charge in [-0.25, -0.2) is 0 Å². The second kappa shape index (κ2) is 10.8. The highest BCUT2D eigenvalue weighted by atomic mass is 15.1. The van der Waals surface area contributed by atoms with Gasteiger partial charge in [0.2, 0.25) is 0 Å². The Morgan fingerprint density at radius 2 is 0.898 bits per heavy atom. The van der Waals surface area contributed by atoms with Crippen LogP contribution in [0.15, 0.2) is 188 Å². The Labute approximate surface area is 286 Å². The van der Waals surface area contributed by atoms with Gasteiger partial charge >= 0.3 is 0 Å². The molecule has 0 saturated heterocycles. The van der Waals surface area contributed by atoms with Crippen molar-refractivity contribution in [3.05, 3.63) is 210 Å². The smallest absolute Gasteiger partial charge is 0.0727 e. The molecule has 0 aliphatic heterocycles. The first-order valence-corrected chi connectivity index (χ1v) is 16.9. The Bertz CT molecular complexity index is 2440. The molecule has 0 amide bonds. The maximum Gasteiger partial charge on any atom is 0.0727 e. The fourth-order valence-corrected chi connectivity index (χ4v) is 8.44. The standard InChI is InChI=1S/C47H32N2/c1-3-16-34(17-4-1)49(35-18-5-2-6-19-35)36-27-29-41-40-28-26-33(48-46-25-13-15-32-14-7-8-20-37(32)46)30-44(40)47(45(41)31-36)42-23-11-9-21-38(42)39-22-10-12-24-43(39)47/h1-31,48H. The number of benzene rings is 8. The number of nitrogens with one attached hydrogen (secondary N) is 1. The molecule has 8 aromatic rings. The Balaban J connectivity index is 1.23. The molecule has 1 spiro atoms. The van der Waals surface area contributed by atoms with E-state index in [9.17, 15) is 0 Å². The molecule has 0 fully saturated rings. The largest absolute Gasteiger partial charge is 0.355 e. The van der Waals surface area contributed by atoms with Crippen LogP contribution in [0.2, 0.25) is 0 Å². The zero-order chi connectivity index (χ0) is 32.4. The van der Waals surface area contributed by atoms with Crippen LogP contribution >= 0.6 is 0 Å². The van der Waals surface area contributed by atoms with Crippen LogP contribution in [-0.2, 0) is 5.41 Å². The molecule has 8 aromatic carbocycles. The molecule has 0 bridgehead atoms. The molecule has 0 radical (unpaired) electrons. The number of fused-ring (bicyclic) bond motifs is 11. The number of anilines is 5. The summed E-state index contributed by atoms with van der Waals surface area (Å²) in [6.07, 6.45) is 0. The predicted octanol–water partition coefficient (Wildman–Crippen LogP) is 12.4. The average Bonchev–Trinajstić information content (AvgIpc) is 3.63. The fourth-order valence-electron chi connectivity index (χ4n) is 8.44. The number of para-hydroxylation sites is 2. The lowest BCUT2D eigenvalue weighted by atomic mass is 9.70. The van der Waals surface area contributed by atoms with Crippen LogP contribution in [-0.4, -0.2) is 0 Å². The van der Waals surface area contributed by atoms with E-state index in [0.717, 1.165) is 28.4 Å². The monoisotopic (exact) mass is 624 g/mol. The van der Waals surface area contributed by atoms with Crippen molar-refractivity contribution in [3.63, 3.8) is 0 Å². The minimum absolute atomic E-state index is 0.469. The Hall–Kier alpha value is -6.38. The summed E-state index contributed by atoms with van der Waals surface area (Å²) in [5.74, 6) is 0. The van der Waals surface area contributed by atoms with Crippen LogP contribution in [0.3, 0.4) is 0 Å². The van der Waals surface area contributed by atoms with Gasteiger partial charge in [-0.3, -0.25) is 0 Å². The van der Waals surface area contributed by atoms with E-state index in [0.29, 0.717) is 0 Å². The van der Waals surface area contributed by atoms with E-state index >= 15 is 0 Å². The van der Waals surface area contributed by atoms with Crippen molar-refractivity contribution >= 4 is 39.2 Å². The zero-order valence-corrected chi connectivity index (χ0v) is 26.8. The van der Waals surface area contributed by atoms with Crippen molar-refractivity contribution in [2.75, 3.05) is 10.2 Å².